The van der Waals surface area contributed by atoms with E-state index in [4.69, 9.17) is 11.5 Å². The van der Waals surface area contributed by atoms with Crippen LogP contribution < -0.4 is 4.90 Å². The SMILES string of the molecule is C#CCN(C(=O)O)c1sc(Br)nc1C. The molecular formula is C8H7BrN2O2S. The Hall–Kier alpha value is -1.06. The van der Waals surface area contributed by atoms with E-state index in [1.165, 1.54) is 11.3 Å². The average molecular weight is 275 g/mol. The molecule has 6 heteroatoms. The van der Waals surface area contributed by atoms with Gasteiger partial charge in [0.15, 0.2) is 3.92 Å². The van der Waals surface area contributed by atoms with E-state index in [0.717, 1.165) is 4.90 Å². The molecule has 0 fully saturated rings. The lowest BCUT2D eigenvalue weighted by Crippen LogP contribution is -2.29. The largest absolute Gasteiger partial charge is 0.465 e. The number of rotatable bonds is 2. The molecule has 0 unspecified atom stereocenters. The van der Waals surface area contributed by atoms with Gasteiger partial charge in [0.2, 0.25) is 0 Å². The Kier molecular flexibility index (Phi) is 3.49. The van der Waals surface area contributed by atoms with Gasteiger partial charge in [-0.1, -0.05) is 17.3 Å². The molecule has 0 radical (unpaired) electrons. The maximum atomic E-state index is 10.8. The van der Waals surface area contributed by atoms with Crippen molar-refractivity contribution in [3.63, 3.8) is 0 Å². The summed E-state index contributed by atoms with van der Waals surface area (Å²) >= 11 is 4.43. The number of halogens is 1. The summed E-state index contributed by atoms with van der Waals surface area (Å²) in [5.74, 6) is 2.29. The van der Waals surface area contributed by atoms with Crippen LogP contribution in [0.5, 0.6) is 0 Å². The maximum Gasteiger partial charge on any atom is 0.413 e. The molecule has 0 aliphatic heterocycles. The topological polar surface area (TPSA) is 53.4 Å². The molecule has 1 heterocycles. The number of hydrogen-bond acceptors (Lipinski definition) is 3. The molecule has 0 bridgehead atoms. The van der Waals surface area contributed by atoms with Gasteiger partial charge in [0.05, 0.1) is 12.2 Å². The van der Waals surface area contributed by atoms with Crippen molar-refractivity contribution in [2.24, 2.45) is 0 Å². The number of anilines is 1. The number of carbonyl (C=O) groups is 1. The van der Waals surface area contributed by atoms with Crippen molar-refractivity contribution in [1.29, 1.82) is 0 Å². The van der Waals surface area contributed by atoms with Crippen LogP contribution in [0.2, 0.25) is 0 Å². The molecule has 74 valence electrons. The Balaban J connectivity index is 3.05. The van der Waals surface area contributed by atoms with Gasteiger partial charge in [0.1, 0.15) is 5.00 Å². The van der Waals surface area contributed by atoms with E-state index in [-0.39, 0.29) is 6.54 Å². The standard InChI is InChI=1S/C8H7BrN2O2S/c1-3-4-11(8(12)13)6-5(2)10-7(9)14-6/h1H,4H2,2H3,(H,12,13). The molecule has 1 aromatic rings. The molecule has 0 aliphatic carbocycles. The van der Waals surface area contributed by atoms with Crippen LogP contribution in [0.15, 0.2) is 3.92 Å². The second kappa shape index (κ2) is 4.44. The van der Waals surface area contributed by atoms with E-state index in [2.05, 4.69) is 26.8 Å². The molecule has 14 heavy (non-hydrogen) atoms. The number of nitrogens with zero attached hydrogens (tertiary/aromatic N) is 2. The first-order chi connectivity index (χ1) is 6.56. The van der Waals surface area contributed by atoms with Crippen molar-refractivity contribution in [2.45, 2.75) is 6.92 Å². The summed E-state index contributed by atoms with van der Waals surface area (Å²) in [6.45, 7) is 1.77. The second-order valence-electron chi connectivity index (χ2n) is 2.43. The minimum atomic E-state index is -1.07. The van der Waals surface area contributed by atoms with Crippen LogP contribution in [0.4, 0.5) is 9.80 Å². The number of carboxylic acid groups (broad SMARTS) is 1. The monoisotopic (exact) mass is 274 g/mol. The molecule has 0 saturated heterocycles. The quantitative estimate of drug-likeness (QED) is 0.843. The number of thiazole rings is 1. The zero-order valence-corrected chi connectivity index (χ0v) is 9.72. The van der Waals surface area contributed by atoms with Crippen LogP contribution in [0.25, 0.3) is 0 Å². The predicted octanol–water partition coefficient (Wildman–Crippen LogP) is 2.33. The van der Waals surface area contributed by atoms with Crippen LogP contribution in [-0.2, 0) is 0 Å². The lowest BCUT2D eigenvalue weighted by atomic mass is 10.4. The van der Waals surface area contributed by atoms with Crippen molar-refractivity contribution < 1.29 is 9.90 Å². The smallest absolute Gasteiger partial charge is 0.413 e. The van der Waals surface area contributed by atoms with E-state index in [1.807, 2.05) is 0 Å². The van der Waals surface area contributed by atoms with Crippen molar-refractivity contribution in [3.8, 4) is 12.3 Å². The number of terminal acetylenes is 1. The summed E-state index contributed by atoms with van der Waals surface area (Å²) in [6.07, 6.45) is 4.01. The Labute approximate surface area is 93.7 Å². The van der Waals surface area contributed by atoms with E-state index in [1.54, 1.807) is 6.92 Å². The number of aromatic nitrogens is 1. The number of hydrogen-bond donors (Lipinski definition) is 1. The fourth-order valence-electron chi connectivity index (χ4n) is 0.924. The molecular weight excluding hydrogens is 268 g/mol. The third-order valence-electron chi connectivity index (χ3n) is 1.47. The van der Waals surface area contributed by atoms with Gasteiger partial charge in [-0.05, 0) is 22.9 Å². The van der Waals surface area contributed by atoms with Crippen molar-refractivity contribution in [2.75, 3.05) is 11.4 Å². The van der Waals surface area contributed by atoms with Crippen molar-refractivity contribution in [1.82, 2.24) is 4.98 Å². The first kappa shape index (κ1) is 11.0. The average Bonchev–Trinajstić information content (AvgIpc) is 2.40. The van der Waals surface area contributed by atoms with Crippen molar-refractivity contribution >= 4 is 38.4 Å². The summed E-state index contributed by atoms with van der Waals surface area (Å²) in [5, 5.41) is 9.44. The summed E-state index contributed by atoms with van der Waals surface area (Å²) in [7, 11) is 0. The maximum absolute atomic E-state index is 10.8. The predicted molar refractivity (Wildman–Crippen MR) is 58.8 cm³/mol. The van der Waals surface area contributed by atoms with E-state index >= 15 is 0 Å². The van der Waals surface area contributed by atoms with Gasteiger partial charge in [-0.15, -0.1) is 6.42 Å². The van der Waals surface area contributed by atoms with E-state index in [9.17, 15) is 4.79 Å². The first-order valence-electron chi connectivity index (χ1n) is 3.63. The van der Waals surface area contributed by atoms with Gasteiger partial charge in [-0.3, -0.25) is 4.90 Å². The highest BCUT2D eigenvalue weighted by molar-refractivity contribution is 9.11. The third kappa shape index (κ3) is 2.25. The highest BCUT2D eigenvalue weighted by Gasteiger charge is 2.18. The Morgan fingerprint density at radius 1 is 1.86 bits per heavy atom. The van der Waals surface area contributed by atoms with Gasteiger partial charge in [-0.25, -0.2) is 9.78 Å². The number of aryl methyl sites for hydroxylation is 1. The Morgan fingerprint density at radius 2 is 2.50 bits per heavy atom. The van der Waals surface area contributed by atoms with Crippen LogP contribution in [0.1, 0.15) is 5.69 Å². The third-order valence-corrected chi connectivity index (χ3v) is 3.10. The van der Waals surface area contributed by atoms with Gasteiger partial charge in [-0.2, -0.15) is 0 Å². The lowest BCUT2D eigenvalue weighted by Gasteiger charge is -2.13. The minimum absolute atomic E-state index is 0.0325. The van der Waals surface area contributed by atoms with Gasteiger partial charge >= 0.3 is 6.09 Å². The normalized spacial score (nSPS) is 9.50. The fourth-order valence-corrected chi connectivity index (χ4v) is 2.44. The molecule has 4 nitrogen and oxygen atoms in total. The van der Waals surface area contributed by atoms with Gasteiger partial charge in [0, 0.05) is 0 Å². The van der Waals surface area contributed by atoms with Gasteiger partial charge in [0.25, 0.3) is 0 Å². The Morgan fingerprint density at radius 3 is 2.86 bits per heavy atom. The van der Waals surface area contributed by atoms with Crippen LogP contribution >= 0.6 is 27.3 Å². The first-order valence-corrected chi connectivity index (χ1v) is 5.24. The molecule has 1 aromatic heterocycles. The highest BCUT2D eigenvalue weighted by Crippen LogP contribution is 2.31. The van der Waals surface area contributed by atoms with E-state index in [0.29, 0.717) is 14.6 Å². The zero-order chi connectivity index (χ0) is 10.7. The number of amides is 1. The second-order valence-corrected chi connectivity index (χ2v) is 4.68. The molecule has 0 spiro atoms. The summed E-state index contributed by atoms with van der Waals surface area (Å²) in [6, 6.07) is 0. The van der Waals surface area contributed by atoms with Gasteiger partial charge < -0.3 is 5.11 Å². The summed E-state index contributed by atoms with van der Waals surface area (Å²) in [5.41, 5.74) is 0.652. The van der Waals surface area contributed by atoms with Crippen LogP contribution in [-0.4, -0.2) is 22.7 Å². The molecule has 1 rings (SSSR count). The van der Waals surface area contributed by atoms with Crippen LogP contribution in [0, 0.1) is 19.3 Å². The van der Waals surface area contributed by atoms with Crippen LogP contribution in [0.3, 0.4) is 0 Å². The van der Waals surface area contributed by atoms with E-state index < -0.39 is 6.09 Å². The molecule has 0 aliphatic rings. The Bertz CT molecular complexity index is 397. The van der Waals surface area contributed by atoms with Crippen molar-refractivity contribution in [3.05, 3.63) is 9.61 Å². The lowest BCUT2D eigenvalue weighted by molar-refractivity contribution is 0.203. The molecule has 0 atom stereocenters. The zero-order valence-electron chi connectivity index (χ0n) is 7.32. The molecule has 1 amide bonds. The summed E-state index contributed by atoms with van der Waals surface area (Å²) in [4.78, 5) is 16.0. The molecule has 0 aromatic carbocycles. The fraction of sp³-hybridized carbons (Fsp3) is 0.250. The minimum Gasteiger partial charge on any atom is -0.465 e. The molecule has 1 N–H and O–H groups in total. The molecule has 0 saturated carbocycles. The summed E-state index contributed by atoms with van der Waals surface area (Å²) < 4.78 is 0.647. The highest BCUT2D eigenvalue weighted by atomic mass is 79.9.